The Kier molecular flexibility index (Phi) is 5.58. The van der Waals surface area contributed by atoms with Gasteiger partial charge < -0.3 is 15.0 Å². The van der Waals surface area contributed by atoms with Crippen LogP contribution in [-0.2, 0) is 16.0 Å². The highest BCUT2D eigenvalue weighted by Crippen LogP contribution is 2.31. The van der Waals surface area contributed by atoms with Gasteiger partial charge in [-0.3, -0.25) is 14.5 Å². The lowest BCUT2D eigenvalue weighted by Gasteiger charge is -2.24. The van der Waals surface area contributed by atoms with Crippen molar-refractivity contribution < 1.29 is 14.3 Å². The van der Waals surface area contributed by atoms with Gasteiger partial charge in [-0.15, -0.1) is 0 Å². The predicted octanol–water partition coefficient (Wildman–Crippen LogP) is 0.969. The van der Waals surface area contributed by atoms with Crippen molar-refractivity contribution in [3.05, 3.63) is 29.3 Å². The van der Waals surface area contributed by atoms with Crippen LogP contribution < -0.4 is 10.1 Å². The summed E-state index contributed by atoms with van der Waals surface area (Å²) in [6, 6.07) is 5.96. The van der Waals surface area contributed by atoms with Crippen LogP contribution in [0.15, 0.2) is 18.2 Å². The third kappa shape index (κ3) is 4.12. The number of nitrogens with zero attached hydrogens (tertiary/aromatic N) is 2. The van der Waals surface area contributed by atoms with E-state index in [-0.39, 0.29) is 11.8 Å². The number of nitrogens with one attached hydrogen (secondary N) is 1. The van der Waals surface area contributed by atoms with E-state index < -0.39 is 6.10 Å². The fraction of sp³-hybridized carbons (Fsp3) is 0.579. The largest absolute Gasteiger partial charge is 0.480 e. The Morgan fingerprint density at radius 3 is 2.84 bits per heavy atom. The molecule has 0 radical (unpaired) electrons. The van der Waals surface area contributed by atoms with Crippen molar-refractivity contribution in [2.24, 2.45) is 0 Å². The molecule has 1 aromatic rings. The molecule has 6 nitrogen and oxygen atoms in total. The molecule has 2 aliphatic rings. The fourth-order valence-electron chi connectivity index (χ4n) is 3.57. The van der Waals surface area contributed by atoms with Crippen molar-refractivity contribution in [2.45, 2.75) is 32.8 Å². The van der Waals surface area contributed by atoms with Gasteiger partial charge in [-0.2, -0.15) is 0 Å². The minimum Gasteiger partial charge on any atom is -0.480 e. The lowest BCUT2D eigenvalue weighted by molar-refractivity contribution is -0.137. The number of carbonyl (C=O) groups excluding carboxylic acids is 2. The summed E-state index contributed by atoms with van der Waals surface area (Å²) < 4.78 is 5.90. The molecule has 0 saturated carbocycles. The van der Waals surface area contributed by atoms with Crippen molar-refractivity contribution in [3.63, 3.8) is 0 Å². The van der Waals surface area contributed by atoms with Crippen molar-refractivity contribution in [1.29, 1.82) is 0 Å². The van der Waals surface area contributed by atoms with E-state index in [1.165, 1.54) is 5.56 Å². The van der Waals surface area contributed by atoms with Crippen molar-refractivity contribution in [3.8, 4) is 5.75 Å². The zero-order valence-electron chi connectivity index (χ0n) is 15.1. The Labute approximate surface area is 149 Å². The maximum absolute atomic E-state index is 12.9. The summed E-state index contributed by atoms with van der Waals surface area (Å²) >= 11 is 0. The second-order valence-electron chi connectivity index (χ2n) is 6.77. The molecule has 0 aromatic heterocycles. The molecule has 6 heteroatoms. The summed E-state index contributed by atoms with van der Waals surface area (Å²) in [5, 5.41) is 2.83. The number of fused-ring (bicyclic) bond motifs is 1. The van der Waals surface area contributed by atoms with E-state index in [0.29, 0.717) is 26.1 Å². The highest BCUT2D eigenvalue weighted by atomic mass is 16.5. The molecule has 3 rings (SSSR count). The fourth-order valence-corrected chi connectivity index (χ4v) is 3.57. The summed E-state index contributed by atoms with van der Waals surface area (Å²) in [5.74, 6) is 0.953. The number of hydrogen-bond acceptors (Lipinski definition) is 4. The van der Waals surface area contributed by atoms with Crippen LogP contribution >= 0.6 is 0 Å². The van der Waals surface area contributed by atoms with Gasteiger partial charge in [0.1, 0.15) is 5.75 Å². The molecule has 1 atom stereocenters. The van der Waals surface area contributed by atoms with Gasteiger partial charge in [0.25, 0.3) is 5.91 Å². The minimum absolute atomic E-state index is 0.0485. The summed E-state index contributed by atoms with van der Waals surface area (Å²) in [6.07, 6.45) is 1.12. The molecular weight excluding hydrogens is 318 g/mol. The molecule has 0 bridgehead atoms. The van der Waals surface area contributed by atoms with Gasteiger partial charge in [0.15, 0.2) is 6.10 Å². The van der Waals surface area contributed by atoms with Crippen LogP contribution in [0.1, 0.15) is 24.5 Å². The average Bonchev–Trinajstić information content (AvgIpc) is 2.90. The number of amides is 2. The number of hydrogen-bond donors (Lipinski definition) is 1. The number of carbonyl (C=O) groups is 2. The Morgan fingerprint density at radius 1 is 1.24 bits per heavy atom. The van der Waals surface area contributed by atoms with Crippen molar-refractivity contribution in [2.75, 3.05) is 39.3 Å². The maximum atomic E-state index is 12.9. The van der Waals surface area contributed by atoms with Crippen LogP contribution in [-0.4, -0.2) is 67.0 Å². The molecule has 0 aliphatic carbocycles. The van der Waals surface area contributed by atoms with Crippen molar-refractivity contribution >= 4 is 11.8 Å². The number of aryl methyl sites for hydroxylation is 1. The van der Waals surface area contributed by atoms with E-state index in [1.807, 2.05) is 24.0 Å². The molecule has 0 spiro atoms. The van der Waals surface area contributed by atoms with Gasteiger partial charge in [0.05, 0.1) is 6.54 Å². The molecule has 1 aromatic carbocycles. The SMILES string of the molecule is CCNC(=O)CN1CCCN(C(=O)C2Cc3c(C)cccc3O2)CC1. The molecular formula is C19H27N3O3. The third-order valence-electron chi connectivity index (χ3n) is 4.94. The quantitative estimate of drug-likeness (QED) is 0.883. The molecule has 25 heavy (non-hydrogen) atoms. The lowest BCUT2D eigenvalue weighted by atomic mass is 10.0. The second-order valence-corrected chi connectivity index (χ2v) is 6.77. The zero-order chi connectivity index (χ0) is 17.8. The molecule has 2 heterocycles. The second kappa shape index (κ2) is 7.87. The summed E-state index contributed by atoms with van der Waals surface area (Å²) in [7, 11) is 0. The monoisotopic (exact) mass is 345 g/mol. The number of rotatable bonds is 4. The molecule has 1 unspecified atom stereocenters. The van der Waals surface area contributed by atoms with Gasteiger partial charge in [-0.05, 0) is 31.9 Å². The highest BCUT2D eigenvalue weighted by Gasteiger charge is 2.33. The van der Waals surface area contributed by atoms with Gasteiger partial charge in [-0.25, -0.2) is 0 Å². The minimum atomic E-state index is -0.411. The van der Waals surface area contributed by atoms with Crippen LogP contribution in [0.5, 0.6) is 5.75 Å². The van der Waals surface area contributed by atoms with E-state index in [9.17, 15) is 9.59 Å². The normalized spacial score (nSPS) is 20.6. The van der Waals surface area contributed by atoms with E-state index in [0.717, 1.165) is 37.4 Å². The summed E-state index contributed by atoms with van der Waals surface area (Å²) in [4.78, 5) is 28.6. The summed E-state index contributed by atoms with van der Waals surface area (Å²) in [5.41, 5.74) is 2.32. The summed E-state index contributed by atoms with van der Waals surface area (Å²) in [6.45, 7) is 7.96. The van der Waals surface area contributed by atoms with E-state index in [1.54, 1.807) is 0 Å². The van der Waals surface area contributed by atoms with Crippen LogP contribution in [0, 0.1) is 6.92 Å². The zero-order valence-corrected chi connectivity index (χ0v) is 15.1. The molecule has 1 fully saturated rings. The van der Waals surface area contributed by atoms with Crippen LogP contribution in [0.4, 0.5) is 0 Å². The standard InChI is InChI=1S/C19H27N3O3/c1-3-20-18(23)13-21-8-5-9-22(11-10-21)19(24)17-12-15-14(2)6-4-7-16(15)25-17/h4,6-7,17H,3,5,8-13H2,1-2H3,(H,20,23). The van der Waals surface area contributed by atoms with Crippen molar-refractivity contribution in [1.82, 2.24) is 15.1 Å². The number of benzene rings is 1. The van der Waals surface area contributed by atoms with E-state index >= 15 is 0 Å². The van der Waals surface area contributed by atoms with Crippen LogP contribution in [0.2, 0.25) is 0 Å². The van der Waals surface area contributed by atoms with Gasteiger partial charge in [-0.1, -0.05) is 12.1 Å². The smallest absolute Gasteiger partial charge is 0.264 e. The molecule has 2 aliphatic heterocycles. The Balaban J connectivity index is 1.56. The molecule has 1 saturated heterocycles. The molecule has 136 valence electrons. The van der Waals surface area contributed by atoms with Gasteiger partial charge >= 0.3 is 0 Å². The Bertz CT molecular complexity index is 647. The highest BCUT2D eigenvalue weighted by molar-refractivity contribution is 5.83. The first-order valence-electron chi connectivity index (χ1n) is 9.11. The first-order chi connectivity index (χ1) is 12.1. The first kappa shape index (κ1) is 17.7. The first-order valence-corrected chi connectivity index (χ1v) is 9.11. The average molecular weight is 345 g/mol. The van der Waals surface area contributed by atoms with E-state index in [4.69, 9.17) is 4.74 Å². The molecule has 2 amide bonds. The predicted molar refractivity (Wildman–Crippen MR) is 95.6 cm³/mol. The van der Waals surface area contributed by atoms with E-state index in [2.05, 4.69) is 23.2 Å². The number of likely N-dealkylation sites (N-methyl/N-ethyl adjacent to an activating group) is 1. The van der Waals surface area contributed by atoms with Gasteiger partial charge in [0, 0.05) is 44.7 Å². The topological polar surface area (TPSA) is 61.9 Å². The lowest BCUT2D eigenvalue weighted by Crippen LogP contribution is -2.44. The maximum Gasteiger partial charge on any atom is 0.264 e. The van der Waals surface area contributed by atoms with Gasteiger partial charge in [0.2, 0.25) is 5.91 Å². The van der Waals surface area contributed by atoms with Crippen LogP contribution in [0.25, 0.3) is 0 Å². The molecule has 1 N–H and O–H groups in total. The Morgan fingerprint density at radius 2 is 2.08 bits per heavy atom. The third-order valence-corrected chi connectivity index (χ3v) is 4.94. The van der Waals surface area contributed by atoms with Crippen LogP contribution in [0.3, 0.4) is 0 Å². The number of ether oxygens (including phenoxy) is 1. The Hall–Kier alpha value is -2.08.